The maximum absolute atomic E-state index is 13.3. The number of benzene rings is 1. The van der Waals surface area contributed by atoms with Crippen LogP contribution in [0.2, 0.25) is 0 Å². The van der Waals surface area contributed by atoms with Crippen molar-refractivity contribution in [3.05, 3.63) is 24.3 Å². The molecule has 0 bridgehead atoms. The molecule has 2 aliphatic heterocycles. The first-order valence-electron chi connectivity index (χ1n) is 11.3. The Kier molecular flexibility index (Phi) is 8.32. The molecule has 1 aliphatic carbocycles. The van der Waals surface area contributed by atoms with Crippen LogP contribution in [0.5, 0.6) is 5.75 Å². The predicted molar refractivity (Wildman–Crippen MR) is 119 cm³/mol. The lowest BCUT2D eigenvalue weighted by Gasteiger charge is -2.45. The van der Waals surface area contributed by atoms with E-state index in [0.717, 1.165) is 38.4 Å². The number of nitrogens with one attached hydrogen (secondary N) is 1. The van der Waals surface area contributed by atoms with Crippen molar-refractivity contribution in [1.82, 2.24) is 14.5 Å². The number of para-hydroxylation sites is 1. The van der Waals surface area contributed by atoms with Crippen LogP contribution in [0.4, 0.5) is 13.2 Å². The number of alkyl halides is 3. The SMILES string of the molecule is CNC(=O)CN1CC2(CCN(CC3CC3)CC2)COc2ccccc2S1(=O)=O.O=C(O)C(F)(F)F. The minimum absolute atomic E-state index is 0.139. The number of piperidine rings is 1. The fourth-order valence-corrected chi connectivity index (χ4v) is 5.86. The Morgan fingerprint density at radius 1 is 1.20 bits per heavy atom. The monoisotopic (exact) mass is 521 g/mol. The van der Waals surface area contributed by atoms with Gasteiger partial charge < -0.3 is 20.1 Å². The molecule has 1 saturated heterocycles. The molecule has 35 heavy (non-hydrogen) atoms. The number of likely N-dealkylation sites (tertiary alicyclic amines) is 1. The van der Waals surface area contributed by atoms with Crippen LogP contribution in [0.3, 0.4) is 0 Å². The molecule has 1 saturated carbocycles. The number of fused-ring (bicyclic) bond motifs is 1. The first kappa shape index (κ1) is 27.2. The van der Waals surface area contributed by atoms with Crippen molar-refractivity contribution in [1.29, 1.82) is 0 Å². The van der Waals surface area contributed by atoms with Crippen molar-refractivity contribution in [3.63, 3.8) is 0 Å². The molecule has 1 spiro atoms. The fourth-order valence-electron chi connectivity index (χ4n) is 4.22. The average molecular weight is 522 g/mol. The number of halogens is 3. The molecule has 1 aromatic rings. The quantitative estimate of drug-likeness (QED) is 0.622. The van der Waals surface area contributed by atoms with E-state index < -0.39 is 22.2 Å². The Morgan fingerprint density at radius 2 is 1.80 bits per heavy atom. The van der Waals surface area contributed by atoms with Gasteiger partial charge in [0.1, 0.15) is 10.6 Å². The molecule has 13 heteroatoms. The molecule has 0 atom stereocenters. The van der Waals surface area contributed by atoms with E-state index in [9.17, 15) is 26.4 Å². The maximum Gasteiger partial charge on any atom is 0.490 e. The minimum atomic E-state index is -5.08. The Hall–Kier alpha value is -2.38. The second kappa shape index (κ2) is 10.7. The van der Waals surface area contributed by atoms with Crippen LogP contribution in [0, 0.1) is 11.3 Å². The summed E-state index contributed by atoms with van der Waals surface area (Å²) in [6.07, 6.45) is -0.664. The third-order valence-corrected chi connectivity index (χ3v) is 8.32. The minimum Gasteiger partial charge on any atom is -0.492 e. The van der Waals surface area contributed by atoms with Gasteiger partial charge in [-0.05, 0) is 56.8 Å². The first-order valence-corrected chi connectivity index (χ1v) is 12.8. The van der Waals surface area contributed by atoms with Gasteiger partial charge >= 0.3 is 12.1 Å². The van der Waals surface area contributed by atoms with E-state index in [-0.39, 0.29) is 22.8 Å². The van der Waals surface area contributed by atoms with E-state index in [2.05, 4.69) is 10.2 Å². The molecular formula is C22H30F3N3O6S. The van der Waals surface area contributed by atoms with E-state index in [1.54, 1.807) is 24.3 Å². The summed E-state index contributed by atoms with van der Waals surface area (Å²) in [5, 5.41) is 9.68. The van der Waals surface area contributed by atoms with Crippen molar-refractivity contribution >= 4 is 21.9 Å². The van der Waals surface area contributed by atoms with E-state index in [1.165, 1.54) is 24.2 Å². The van der Waals surface area contributed by atoms with Crippen molar-refractivity contribution in [3.8, 4) is 5.75 Å². The number of ether oxygens (including phenoxy) is 1. The highest BCUT2D eigenvalue weighted by Gasteiger charge is 2.44. The standard InChI is InChI=1S/C20H29N3O4S.C2HF3O2/c1-21-19(24)13-23-14-20(8-10-22(11-9-20)12-16-6-7-16)15-27-17-4-2-3-5-18(17)28(23,25)26;3-2(4,5)1(6)7/h2-5,16H,6-15H2,1H3,(H,21,24);(H,6,7). The Morgan fingerprint density at radius 3 is 2.34 bits per heavy atom. The number of carboxylic acids is 1. The number of carbonyl (C=O) groups excluding carboxylic acids is 1. The van der Waals surface area contributed by atoms with Gasteiger partial charge in [0.15, 0.2) is 0 Å². The van der Waals surface area contributed by atoms with Crippen LogP contribution in [-0.4, -0.2) is 87.2 Å². The largest absolute Gasteiger partial charge is 0.492 e. The number of carboxylic acid groups (broad SMARTS) is 1. The molecule has 4 rings (SSSR count). The van der Waals surface area contributed by atoms with E-state index in [0.29, 0.717) is 18.9 Å². The predicted octanol–water partition coefficient (Wildman–Crippen LogP) is 1.94. The normalized spacial score (nSPS) is 21.9. The topological polar surface area (TPSA) is 116 Å². The molecule has 2 fully saturated rings. The molecule has 1 aromatic carbocycles. The molecule has 0 radical (unpaired) electrons. The van der Waals surface area contributed by atoms with Crippen LogP contribution in [0.15, 0.2) is 29.2 Å². The summed E-state index contributed by atoms with van der Waals surface area (Å²) in [5.74, 6) is -1.83. The summed E-state index contributed by atoms with van der Waals surface area (Å²) in [6, 6.07) is 6.72. The highest BCUT2D eigenvalue weighted by atomic mass is 32.2. The molecule has 2 heterocycles. The van der Waals surface area contributed by atoms with Gasteiger partial charge in [-0.25, -0.2) is 13.2 Å². The second-order valence-corrected chi connectivity index (χ2v) is 11.1. The van der Waals surface area contributed by atoms with Gasteiger partial charge in [-0.2, -0.15) is 17.5 Å². The molecule has 1 amide bonds. The highest BCUT2D eigenvalue weighted by Crippen LogP contribution is 2.40. The number of nitrogens with zero attached hydrogens (tertiary/aromatic N) is 2. The Balaban J connectivity index is 0.000000429. The maximum atomic E-state index is 13.3. The molecule has 3 aliphatic rings. The number of hydrogen-bond donors (Lipinski definition) is 2. The van der Waals surface area contributed by atoms with Gasteiger partial charge in [0.2, 0.25) is 15.9 Å². The summed E-state index contributed by atoms with van der Waals surface area (Å²) in [6.45, 7) is 3.68. The number of sulfonamides is 1. The van der Waals surface area contributed by atoms with E-state index in [4.69, 9.17) is 14.6 Å². The van der Waals surface area contributed by atoms with Crippen molar-refractivity contribution < 1.29 is 41.0 Å². The molecule has 196 valence electrons. The fraction of sp³-hybridized carbons (Fsp3) is 0.636. The molecule has 9 nitrogen and oxygen atoms in total. The zero-order valence-corrected chi connectivity index (χ0v) is 20.2. The lowest BCUT2D eigenvalue weighted by Crippen LogP contribution is -2.53. The summed E-state index contributed by atoms with van der Waals surface area (Å²) in [7, 11) is -2.28. The summed E-state index contributed by atoms with van der Waals surface area (Å²) < 4.78 is 65.8. The summed E-state index contributed by atoms with van der Waals surface area (Å²) >= 11 is 0. The number of aliphatic carboxylic acids is 1. The second-order valence-electron chi connectivity index (χ2n) is 9.23. The van der Waals surface area contributed by atoms with Crippen molar-refractivity contribution in [2.45, 2.75) is 36.8 Å². The first-order chi connectivity index (χ1) is 16.4. The highest BCUT2D eigenvalue weighted by molar-refractivity contribution is 7.89. The van der Waals surface area contributed by atoms with Crippen LogP contribution >= 0.6 is 0 Å². The molecule has 0 aromatic heterocycles. The Bertz CT molecular complexity index is 1020. The van der Waals surface area contributed by atoms with Crippen molar-refractivity contribution in [2.75, 3.05) is 46.4 Å². The summed E-state index contributed by atoms with van der Waals surface area (Å²) in [5.41, 5.74) is -0.269. The van der Waals surface area contributed by atoms with Crippen LogP contribution < -0.4 is 10.1 Å². The molecular weight excluding hydrogens is 491 g/mol. The molecule has 2 N–H and O–H groups in total. The average Bonchev–Trinajstić information content (AvgIpc) is 3.62. The van der Waals surface area contributed by atoms with Crippen LogP contribution in [-0.2, 0) is 19.6 Å². The lowest BCUT2D eigenvalue weighted by atomic mass is 9.78. The molecule has 0 unspecified atom stereocenters. The van der Waals surface area contributed by atoms with Crippen molar-refractivity contribution in [2.24, 2.45) is 11.3 Å². The van der Waals surface area contributed by atoms with E-state index in [1.807, 2.05) is 0 Å². The third-order valence-electron chi connectivity index (χ3n) is 6.48. The zero-order chi connectivity index (χ0) is 25.9. The van der Waals surface area contributed by atoms with Gasteiger partial charge in [-0.3, -0.25) is 4.79 Å². The summed E-state index contributed by atoms with van der Waals surface area (Å²) in [4.78, 5) is 23.6. The van der Waals surface area contributed by atoms with Gasteiger partial charge in [-0.1, -0.05) is 12.1 Å². The van der Waals surface area contributed by atoms with Crippen LogP contribution in [0.25, 0.3) is 0 Å². The van der Waals surface area contributed by atoms with Crippen LogP contribution in [0.1, 0.15) is 25.7 Å². The number of likely N-dealkylation sites (N-methyl/N-ethyl adjacent to an activating group) is 1. The van der Waals surface area contributed by atoms with Gasteiger partial charge in [0.05, 0.1) is 13.2 Å². The number of hydrogen-bond acceptors (Lipinski definition) is 6. The third kappa shape index (κ3) is 7.07. The smallest absolute Gasteiger partial charge is 0.490 e. The van der Waals surface area contributed by atoms with E-state index >= 15 is 0 Å². The number of carbonyl (C=O) groups is 2. The van der Waals surface area contributed by atoms with Gasteiger partial charge in [0.25, 0.3) is 0 Å². The zero-order valence-electron chi connectivity index (χ0n) is 19.4. The Labute approximate surface area is 202 Å². The number of rotatable bonds is 4. The van der Waals surface area contributed by atoms with Gasteiger partial charge in [0, 0.05) is 25.6 Å². The lowest BCUT2D eigenvalue weighted by molar-refractivity contribution is -0.192. The van der Waals surface area contributed by atoms with Gasteiger partial charge in [-0.15, -0.1) is 0 Å². The number of amides is 1.